The van der Waals surface area contributed by atoms with Crippen molar-refractivity contribution in [3.05, 3.63) is 35.4 Å². The number of likely N-dealkylation sites (N-methyl/N-ethyl adjacent to an activating group) is 1. The van der Waals surface area contributed by atoms with E-state index in [1.807, 2.05) is 24.3 Å². The lowest BCUT2D eigenvalue weighted by molar-refractivity contribution is 0.273. The Morgan fingerprint density at radius 3 is 2.16 bits per heavy atom. The van der Waals surface area contributed by atoms with E-state index in [-0.39, 0.29) is 0 Å². The maximum Gasteiger partial charge on any atom is 0.0991 e. The quantitative estimate of drug-likeness (QED) is 0.854. The van der Waals surface area contributed by atoms with Crippen LogP contribution in [0.5, 0.6) is 0 Å². The molecule has 104 valence electrons. The summed E-state index contributed by atoms with van der Waals surface area (Å²) in [4.78, 5) is 2.21. The number of nitrogens with zero attached hydrogens (tertiary/aromatic N) is 2. The van der Waals surface area contributed by atoms with E-state index >= 15 is 0 Å². The van der Waals surface area contributed by atoms with E-state index in [2.05, 4.69) is 51.2 Å². The average molecular weight is 259 g/mol. The van der Waals surface area contributed by atoms with Gasteiger partial charge in [0.15, 0.2) is 0 Å². The van der Waals surface area contributed by atoms with Crippen LogP contribution in [0.3, 0.4) is 0 Å². The predicted molar refractivity (Wildman–Crippen MR) is 79.9 cm³/mol. The van der Waals surface area contributed by atoms with Gasteiger partial charge in [-0.05, 0) is 44.6 Å². The van der Waals surface area contributed by atoms with Gasteiger partial charge in [0.25, 0.3) is 0 Å². The first-order valence-electron chi connectivity index (χ1n) is 6.85. The molecule has 0 amide bonds. The Labute approximate surface area is 117 Å². The van der Waals surface area contributed by atoms with Gasteiger partial charge in [0, 0.05) is 18.6 Å². The van der Waals surface area contributed by atoms with Gasteiger partial charge in [-0.2, -0.15) is 5.26 Å². The molecule has 0 saturated carbocycles. The van der Waals surface area contributed by atoms with E-state index in [9.17, 15) is 0 Å². The normalized spacial score (nSPS) is 14.4. The Morgan fingerprint density at radius 2 is 1.74 bits per heavy atom. The van der Waals surface area contributed by atoms with Crippen LogP contribution in [0.25, 0.3) is 0 Å². The van der Waals surface area contributed by atoms with Crippen molar-refractivity contribution in [1.82, 2.24) is 10.2 Å². The molecule has 0 aliphatic rings. The third-order valence-corrected chi connectivity index (χ3v) is 3.37. The van der Waals surface area contributed by atoms with Gasteiger partial charge in [-0.25, -0.2) is 0 Å². The first-order valence-corrected chi connectivity index (χ1v) is 6.85. The zero-order chi connectivity index (χ0) is 14.4. The van der Waals surface area contributed by atoms with Crippen molar-refractivity contribution in [3.63, 3.8) is 0 Å². The Morgan fingerprint density at radius 1 is 1.16 bits per heavy atom. The molecular formula is C16H25N3. The van der Waals surface area contributed by atoms with Crippen LogP contribution in [0, 0.1) is 17.2 Å². The largest absolute Gasteiger partial charge is 0.308 e. The number of benzene rings is 1. The molecule has 0 aliphatic carbocycles. The van der Waals surface area contributed by atoms with E-state index in [1.165, 1.54) is 5.56 Å². The number of nitriles is 1. The van der Waals surface area contributed by atoms with E-state index < -0.39 is 0 Å². The summed E-state index contributed by atoms with van der Waals surface area (Å²) in [6.07, 6.45) is 0. The molecule has 0 spiro atoms. The van der Waals surface area contributed by atoms with Crippen LogP contribution in [0.1, 0.15) is 37.9 Å². The second kappa shape index (κ2) is 7.28. The highest BCUT2D eigenvalue weighted by molar-refractivity contribution is 5.32. The summed E-state index contributed by atoms with van der Waals surface area (Å²) in [6.45, 7) is 7.68. The molecule has 0 aromatic heterocycles. The summed E-state index contributed by atoms with van der Waals surface area (Å²) in [5.74, 6) is 0.586. The Balaban J connectivity index is 2.70. The minimum atomic E-state index is 0.292. The van der Waals surface area contributed by atoms with Crippen molar-refractivity contribution >= 4 is 0 Å². The zero-order valence-electron chi connectivity index (χ0n) is 12.6. The molecule has 19 heavy (non-hydrogen) atoms. The molecule has 1 N–H and O–H groups in total. The van der Waals surface area contributed by atoms with Crippen LogP contribution in [-0.4, -0.2) is 31.6 Å². The molecule has 0 aliphatic heterocycles. The molecule has 2 unspecified atom stereocenters. The zero-order valence-corrected chi connectivity index (χ0v) is 12.6. The second-order valence-electron chi connectivity index (χ2n) is 5.73. The van der Waals surface area contributed by atoms with E-state index in [0.717, 1.165) is 6.54 Å². The lowest BCUT2D eigenvalue weighted by Crippen LogP contribution is -2.43. The summed E-state index contributed by atoms with van der Waals surface area (Å²) in [5.41, 5.74) is 1.94. The van der Waals surface area contributed by atoms with Gasteiger partial charge in [0.05, 0.1) is 11.6 Å². The van der Waals surface area contributed by atoms with Crippen LogP contribution in [0.2, 0.25) is 0 Å². The van der Waals surface area contributed by atoms with Gasteiger partial charge in [0.1, 0.15) is 0 Å². The van der Waals surface area contributed by atoms with Gasteiger partial charge < -0.3 is 10.2 Å². The Hall–Kier alpha value is -1.37. The number of hydrogen-bond acceptors (Lipinski definition) is 3. The van der Waals surface area contributed by atoms with Crippen LogP contribution in [0.4, 0.5) is 0 Å². The molecule has 1 rings (SSSR count). The van der Waals surface area contributed by atoms with Crippen molar-refractivity contribution in [1.29, 1.82) is 5.26 Å². The minimum absolute atomic E-state index is 0.292. The van der Waals surface area contributed by atoms with Crippen molar-refractivity contribution in [2.45, 2.75) is 32.9 Å². The highest BCUT2D eigenvalue weighted by Crippen LogP contribution is 2.16. The van der Waals surface area contributed by atoms with Crippen molar-refractivity contribution < 1.29 is 0 Å². The van der Waals surface area contributed by atoms with E-state index in [0.29, 0.717) is 23.6 Å². The fourth-order valence-corrected chi connectivity index (χ4v) is 2.11. The maximum absolute atomic E-state index is 8.81. The van der Waals surface area contributed by atoms with Crippen molar-refractivity contribution in [3.8, 4) is 6.07 Å². The highest BCUT2D eigenvalue weighted by Gasteiger charge is 2.17. The number of hydrogen-bond donors (Lipinski definition) is 1. The van der Waals surface area contributed by atoms with Crippen LogP contribution in [0.15, 0.2) is 24.3 Å². The summed E-state index contributed by atoms with van der Waals surface area (Å²) in [6, 6.07) is 10.7. The molecule has 3 nitrogen and oxygen atoms in total. The van der Waals surface area contributed by atoms with Gasteiger partial charge in [-0.1, -0.05) is 26.0 Å². The van der Waals surface area contributed by atoms with Crippen LogP contribution in [-0.2, 0) is 0 Å². The van der Waals surface area contributed by atoms with Gasteiger partial charge in [-0.15, -0.1) is 0 Å². The smallest absolute Gasteiger partial charge is 0.0991 e. The summed E-state index contributed by atoms with van der Waals surface area (Å²) in [7, 11) is 4.20. The van der Waals surface area contributed by atoms with Crippen molar-refractivity contribution in [2.75, 3.05) is 20.6 Å². The lowest BCUT2D eigenvalue weighted by atomic mass is 10.00. The molecule has 3 heteroatoms. The van der Waals surface area contributed by atoms with Gasteiger partial charge in [0.2, 0.25) is 0 Å². The third-order valence-electron chi connectivity index (χ3n) is 3.37. The SMILES string of the molecule is CC(NC(CN(C)C)C(C)C)c1ccc(C#N)cc1. The average Bonchev–Trinajstić information content (AvgIpc) is 2.37. The van der Waals surface area contributed by atoms with E-state index in [1.54, 1.807) is 0 Å². The summed E-state index contributed by atoms with van der Waals surface area (Å²) >= 11 is 0. The topological polar surface area (TPSA) is 39.1 Å². The standard InChI is InChI=1S/C16H25N3/c1-12(2)16(11-19(4)5)18-13(3)15-8-6-14(10-17)7-9-15/h6-9,12-13,16,18H,11H2,1-5H3. The summed E-state index contributed by atoms with van der Waals surface area (Å²) < 4.78 is 0. The fraction of sp³-hybridized carbons (Fsp3) is 0.562. The van der Waals surface area contributed by atoms with Gasteiger partial charge >= 0.3 is 0 Å². The van der Waals surface area contributed by atoms with Crippen LogP contribution < -0.4 is 5.32 Å². The number of rotatable bonds is 6. The molecule has 0 fully saturated rings. The fourth-order valence-electron chi connectivity index (χ4n) is 2.11. The second-order valence-corrected chi connectivity index (χ2v) is 5.73. The number of nitrogens with one attached hydrogen (secondary N) is 1. The Kier molecular flexibility index (Phi) is 6.01. The molecule has 0 saturated heterocycles. The lowest BCUT2D eigenvalue weighted by Gasteiger charge is -2.29. The molecule has 1 aromatic rings. The molecule has 0 heterocycles. The van der Waals surface area contributed by atoms with E-state index in [4.69, 9.17) is 5.26 Å². The molecule has 0 bridgehead atoms. The summed E-state index contributed by atoms with van der Waals surface area (Å²) in [5, 5.41) is 12.5. The predicted octanol–water partition coefficient (Wildman–Crippen LogP) is 2.80. The first-order chi connectivity index (χ1) is 8.93. The van der Waals surface area contributed by atoms with Crippen molar-refractivity contribution in [2.24, 2.45) is 5.92 Å². The van der Waals surface area contributed by atoms with Crippen LogP contribution >= 0.6 is 0 Å². The molecular weight excluding hydrogens is 234 g/mol. The molecule has 0 radical (unpaired) electrons. The molecule has 2 atom stereocenters. The monoisotopic (exact) mass is 259 g/mol. The van der Waals surface area contributed by atoms with Gasteiger partial charge in [-0.3, -0.25) is 0 Å². The Bertz CT molecular complexity index is 415. The maximum atomic E-state index is 8.81. The third kappa shape index (κ3) is 5.02. The highest BCUT2D eigenvalue weighted by atomic mass is 15.1. The first kappa shape index (κ1) is 15.7. The molecule has 1 aromatic carbocycles. The minimum Gasteiger partial charge on any atom is -0.308 e.